The van der Waals surface area contributed by atoms with Crippen molar-refractivity contribution in [3.63, 3.8) is 0 Å². The third kappa shape index (κ3) is 3.32. The van der Waals surface area contributed by atoms with Gasteiger partial charge in [0.2, 0.25) is 0 Å². The first kappa shape index (κ1) is 15.1. The van der Waals surface area contributed by atoms with Crippen LogP contribution in [-0.4, -0.2) is 12.1 Å². The molecule has 0 spiro atoms. The standard InChI is InChI=1S/C18H13BrClNO/c1-22-16-8-9-17(20)13(10-16)4-7-15-6-3-12-2-5-14(19)11-18(12)21-15/h2-11H,1H3/b7-4+. The van der Waals surface area contributed by atoms with Crippen LogP contribution in [0.4, 0.5) is 0 Å². The first-order chi connectivity index (χ1) is 10.7. The number of pyridine rings is 1. The SMILES string of the molecule is COc1ccc(Cl)c(/C=C/c2ccc3ccc(Br)cc3n2)c1. The van der Waals surface area contributed by atoms with Crippen LogP contribution in [0, 0.1) is 0 Å². The molecule has 3 aromatic rings. The Hall–Kier alpha value is -1.84. The van der Waals surface area contributed by atoms with Crippen LogP contribution in [0.3, 0.4) is 0 Å². The number of halogens is 2. The highest BCUT2D eigenvalue weighted by Gasteiger charge is 2.00. The summed E-state index contributed by atoms with van der Waals surface area (Å²) in [7, 11) is 1.64. The van der Waals surface area contributed by atoms with Crippen LogP contribution in [0.25, 0.3) is 23.1 Å². The van der Waals surface area contributed by atoms with E-state index < -0.39 is 0 Å². The molecule has 0 bridgehead atoms. The van der Waals surface area contributed by atoms with E-state index in [-0.39, 0.29) is 0 Å². The summed E-state index contributed by atoms with van der Waals surface area (Å²) in [6.07, 6.45) is 3.89. The first-order valence-corrected chi connectivity index (χ1v) is 7.91. The Morgan fingerprint density at radius 3 is 2.68 bits per heavy atom. The van der Waals surface area contributed by atoms with Crippen LogP contribution in [0.15, 0.2) is 53.0 Å². The lowest BCUT2D eigenvalue weighted by Gasteiger charge is -2.03. The molecule has 0 saturated carbocycles. The highest BCUT2D eigenvalue weighted by atomic mass is 79.9. The summed E-state index contributed by atoms with van der Waals surface area (Å²) in [5.41, 5.74) is 2.73. The van der Waals surface area contributed by atoms with Gasteiger partial charge in [0.05, 0.1) is 18.3 Å². The molecule has 0 N–H and O–H groups in total. The minimum atomic E-state index is 0.681. The second-order valence-electron chi connectivity index (χ2n) is 4.79. The molecule has 0 radical (unpaired) electrons. The number of nitrogens with zero attached hydrogens (tertiary/aromatic N) is 1. The van der Waals surface area contributed by atoms with Gasteiger partial charge in [0.1, 0.15) is 5.75 Å². The van der Waals surface area contributed by atoms with Gasteiger partial charge in [0.25, 0.3) is 0 Å². The minimum Gasteiger partial charge on any atom is -0.497 e. The van der Waals surface area contributed by atoms with Crippen molar-refractivity contribution in [3.05, 3.63) is 69.3 Å². The average Bonchev–Trinajstić information content (AvgIpc) is 2.53. The number of hydrogen-bond donors (Lipinski definition) is 0. The van der Waals surface area contributed by atoms with Crippen LogP contribution in [-0.2, 0) is 0 Å². The van der Waals surface area contributed by atoms with E-state index in [0.717, 1.165) is 32.4 Å². The molecule has 3 rings (SSSR count). The van der Waals surface area contributed by atoms with E-state index in [1.807, 2.05) is 54.6 Å². The lowest BCUT2D eigenvalue weighted by molar-refractivity contribution is 0.414. The van der Waals surface area contributed by atoms with E-state index >= 15 is 0 Å². The molecule has 0 unspecified atom stereocenters. The second-order valence-corrected chi connectivity index (χ2v) is 6.12. The van der Waals surface area contributed by atoms with Gasteiger partial charge in [-0.3, -0.25) is 0 Å². The Morgan fingerprint density at radius 2 is 1.86 bits per heavy atom. The second kappa shape index (κ2) is 6.51. The largest absolute Gasteiger partial charge is 0.497 e. The van der Waals surface area contributed by atoms with Crippen molar-refractivity contribution in [1.82, 2.24) is 4.98 Å². The Labute approximate surface area is 142 Å². The van der Waals surface area contributed by atoms with Gasteiger partial charge in [-0.05, 0) is 48.0 Å². The Bertz CT molecular complexity index is 861. The summed E-state index contributed by atoms with van der Waals surface area (Å²) in [5.74, 6) is 0.777. The van der Waals surface area contributed by atoms with Crippen LogP contribution in [0.1, 0.15) is 11.3 Å². The third-order valence-electron chi connectivity index (χ3n) is 3.31. The molecule has 110 valence electrons. The lowest BCUT2D eigenvalue weighted by atomic mass is 10.1. The Balaban J connectivity index is 1.95. The van der Waals surface area contributed by atoms with Crippen molar-refractivity contribution in [3.8, 4) is 5.75 Å². The summed E-state index contributed by atoms with van der Waals surface area (Å²) in [5, 5.41) is 1.79. The molecule has 1 heterocycles. The van der Waals surface area contributed by atoms with E-state index in [1.165, 1.54) is 0 Å². The van der Waals surface area contributed by atoms with Crippen LogP contribution in [0.2, 0.25) is 5.02 Å². The van der Waals surface area contributed by atoms with E-state index in [9.17, 15) is 0 Å². The highest BCUT2D eigenvalue weighted by molar-refractivity contribution is 9.10. The van der Waals surface area contributed by atoms with Crippen molar-refractivity contribution in [1.29, 1.82) is 0 Å². The zero-order valence-electron chi connectivity index (χ0n) is 11.9. The number of rotatable bonds is 3. The topological polar surface area (TPSA) is 22.1 Å². The molecule has 2 nitrogen and oxygen atoms in total. The van der Waals surface area contributed by atoms with E-state index in [1.54, 1.807) is 7.11 Å². The van der Waals surface area contributed by atoms with Crippen molar-refractivity contribution < 1.29 is 4.74 Å². The molecule has 0 aliphatic rings. The summed E-state index contributed by atoms with van der Waals surface area (Å²) in [6, 6.07) is 15.7. The highest BCUT2D eigenvalue weighted by Crippen LogP contribution is 2.24. The summed E-state index contributed by atoms with van der Waals surface area (Å²) in [6.45, 7) is 0. The molecule has 4 heteroatoms. The number of ether oxygens (including phenoxy) is 1. The van der Waals surface area contributed by atoms with E-state index in [2.05, 4.69) is 27.0 Å². The molecular weight excluding hydrogens is 362 g/mol. The fourth-order valence-electron chi connectivity index (χ4n) is 2.15. The number of hydrogen-bond acceptors (Lipinski definition) is 2. The molecule has 0 aliphatic heterocycles. The predicted octanol–water partition coefficient (Wildman–Crippen LogP) is 5.83. The number of fused-ring (bicyclic) bond motifs is 1. The van der Waals surface area contributed by atoms with E-state index in [4.69, 9.17) is 16.3 Å². The molecule has 0 saturated heterocycles. The van der Waals surface area contributed by atoms with E-state index in [0.29, 0.717) is 5.02 Å². The molecule has 0 aliphatic carbocycles. The fraction of sp³-hybridized carbons (Fsp3) is 0.0556. The normalized spacial score (nSPS) is 11.2. The summed E-state index contributed by atoms with van der Waals surface area (Å²) < 4.78 is 6.24. The van der Waals surface area contributed by atoms with Crippen LogP contribution in [0.5, 0.6) is 5.75 Å². The third-order valence-corrected chi connectivity index (χ3v) is 4.15. The maximum atomic E-state index is 6.20. The predicted molar refractivity (Wildman–Crippen MR) is 96.4 cm³/mol. The average molecular weight is 375 g/mol. The monoisotopic (exact) mass is 373 g/mol. The molecule has 0 atom stereocenters. The molecule has 1 aromatic heterocycles. The van der Waals surface area contributed by atoms with Gasteiger partial charge in [0.15, 0.2) is 0 Å². The van der Waals surface area contributed by atoms with Crippen LogP contribution < -0.4 is 4.74 Å². The Kier molecular flexibility index (Phi) is 4.46. The smallest absolute Gasteiger partial charge is 0.119 e. The van der Waals surface area contributed by atoms with Crippen molar-refractivity contribution in [2.24, 2.45) is 0 Å². The molecule has 0 amide bonds. The van der Waals surface area contributed by atoms with Crippen LogP contribution >= 0.6 is 27.5 Å². The summed E-state index contributed by atoms with van der Waals surface area (Å²) in [4.78, 5) is 4.63. The maximum Gasteiger partial charge on any atom is 0.119 e. The maximum absolute atomic E-state index is 6.20. The Morgan fingerprint density at radius 1 is 1.05 bits per heavy atom. The van der Waals surface area contributed by atoms with Crippen molar-refractivity contribution in [2.45, 2.75) is 0 Å². The quantitative estimate of drug-likeness (QED) is 0.575. The number of aromatic nitrogens is 1. The number of benzene rings is 2. The molecule has 2 aromatic carbocycles. The molecule has 0 fully saturated rings. The number of methoxy groups -OCH3 is 1. The zero-order valence-corrected chi connectivity index (χ0v) is 14.2. The summed E-state index contributed by atoms with van der Waals surface area (Å²) >= 11 is 9.67. The van der Waals surface area contributed by atoms with Crippen molar-refractivity contribution in [2.75, 3.05) is 7.11 Å². The molecule has 22 heavy (non-hydrogen) atoms. The van der Waals surface area contributed by atoms with Gasteiger partial charge in [-0.15, -0.1) is 0 Å². The van der Waals surface area contributed by atoms with Gasteiger partial charge in [-0.1, -0.05) is 45.7 Å². The van der Waals surface area contributed by atoms with Gasteiger partial charge >= 0.3 is 0 Å². The van der Waals surface area contributed by atoms with Gasteiger partial charge in [-0.2, -0.15) is 0 Å². The fourth-order valence-corrected chi connectivity index (χ4v) is 2.68. The minimum absolute atomic E-state index is 0.681. The van der Waals surface area contributed by atoms with Gasteiger partial charge in [0, 0.05) is 14.9 Å². The van der Waals surface area contributed by atoms with Crippen molar-refractivity contribution >= 4 is 50.6 Å². The first-order valence-electron chi connectivity index (χ1n) is 6.73. The molecular formula is C18H13BrClNO. The lowest BCUT2D eigenvalue weighted by Crippen LogP contribution is -1.85. The van der Waals surface area contributed by atoms with Gasteiger partial charge < -0.3 is 4.74 Å². The zero-order chi connectivity index (χ0) is 15.5. The van der Waals surface area contributed by atoms with Gasteiger partial charge in [-0.25, -0.2) is 4.98 Å².